The molecule has 26 heavy (non-hydrogen) atoms. The monoisotopic (exact) mass is 381 g/mol. The van der Waals surface area contributed by atoms with E-state index in [0.717, 1.165) is 26.1 Å². The quantitative estimate of drug-likeness (QED) is 0.788. The van der Waals surface area contributed by atoms with Gasteiger partial charge in [-0.25, -0.2) is 13.1 Å². The first-order chi connectivity index (χ1) is 12.5. The summed E-state index contributed by atoms with van der Waals surface area (Å²) in [5.41, 5.74) is 0.419. The lowest BCUT2D eigenvalue weighted by Gasteiger charge is -2.34. The lowest BCUT2D eigenvalue weighted by Crippen LogP contribution is -2.48. The van der Waals surface area contributed by atoms with E-state index in [-0.39, 0.29) is 16.7 Å². The van der Waals surface area contributed by atoms with Gasteiger partial charge < -0.3 is 14.5 Å². The van der Waals surface area contributed by atoms with Crippen LogP contribution in [-0.2, 0) is 14.8 Å². The molecule has 0 aromatic heterocycles. The number of hydrogen-bond acceptors (Lipinski definition) is 5. The minimum atomic E-state index is -3.63. The van der Waals surface area contributed by atoms with Gasteiger partial charge in [0.2, 0.25) is 10.0 Å². The van der Waals surface area contributed by atoms with Crippen molar-refractivity contribution in [2.24, 2.45) is 5.92 Å². The molecule has 2 heterocycles. The fourth-order valence-corrected chi connectivity index (χ4v) is 4.46. The summed E-state index contributed by atoms with van der Waals surface area (Å²) in [6.07, 6.45) is 0.866. The number of carbonyl (C=O) groups excluding carboxylic acids is 1. The van der Waals surface area contributed by atoms with E-state index in [4.69, 9.17) is 4.74 Å². The number of sulfonamides is 1. The first-order valence-electron chi connectivity index (χ1n) is 9.18. The van der Waals surface area contributed by atoms with Crippen LogP contribution in [0.4, 0.5) is 0 Å². The van der Waals surface area contributed by atoms with Gasteiger partial charge in [-0.05, 0) is 37.1 Å². The molecule has 7 nitrogen and oxygen atoms in total. The molecule has 3 rings (SSSR count). The SMILES string of the molecule is CCN1CCN(C(=O)c2cccc(S(=O)(=O)NC[C@@H]3CCOC3)c2)CC1. The number of piperazine rings is 1. The van der Waals surface area contributed by atoms with Gasteiger partial charge in [-0.3, -0.25) is 4.79 Å². The highest BCUT2D eigenvalue weighted by atomic mass is 32.2. The summed E-state index contributed by atoms with van der Waals surface area (Å²) in [6.45, 7) is 7.76. The Kier molecular flexibility index (Phi) is 6.29. The third-order valence-electron chi connectivity index (χ3n) is 5.08. The van der Waals surface area contributed by atoms with Gasteiger partial charge in [0, 0.05) is 44.9 Å². The Morgan fingerprint density at radius 1 is 1.27 bits per heavy atom. The highest BCUT2D eigenvalue weighted by molar-refractivity contribution is 7.89. The minimum Gasteiger partial charge on any atom is -0.381 e. The summed E-state index contributed by atoms with van der Waals surface area (Å²) in [5, 5.41) is 0. The van der Waals surface area contributed by atoms with Crippen LogP contribution in [0.25, 0.3) is 0 Å². The molecule has 1 N–H and O–H groups in total. The molecule has 0 bridgehead atoms. The third kappa shape index (κ3) is 4.62. The molecule has 1 atom stereocenters. The lowest BCUT2D eigenvalue weighted by atomic mass is 10.1. The Morgan fingerprint density at radius 3 is 2.69 bits per heavy atom. The van der Waals surface area contributed by atoms with Gasteiger partial charge in [-0.1, -0.05) is 13.0 Å². The highest BCUT2D eigenvalue weighted by Gasteiger charge is 2.24. The average molecular weight is 381 g/mol. The Bertz CT molecular complexity index is 724. The third-order valence-corrected chi connectivity index (χ3v) is 6.51. The van der Waals surface area contributed by atoms with E-state index in [0.29, 0.717) is 38.4 Å². The molecule has 0 radical (unpaired) electrons. The number of nitrogens with one attached hydrogen (secondary N) is 1. The molecule has 8 heteroatoms. The Morgan fingerprint density at radius 2 is 2.04 bits per heavy atom. The topological polar surface area (TPSA) is 79.0 Å². The molecule has 0 spiro atoms. The smallest absolute Gasteiger partial charge is 0.253 e. The first kappa shape index (κ1) is 19.3. The molecule has 1 aromatic carbocycles. The molecule has 2 aliphatic heterocycles. The molecule has 2 saturated heterocycles. The number of benzene rings is 1. The van der Waals surface area contributed by atoms with Crippen molar-refractivity contribution in [3.63, 3.8) is 0 Å². The van der Waals surface area contributed by atoms with Gasteiger partial charge in [0.25, 0.3) is 5.91 Å². The van der Waals surface area contributed by atoms with Crippen LogP contribution in [0.3, 0.4) is 0 Å². The molecule has 0 aliphatic carbocycles. The van der Waals surface area contributed by atoms with Crippen molar-refractivity contribution in [1.29, 1.82) is 0 Å². The number of ether oxygens (including phenoxy) is 1. The van der Waals surface area contributed by atoms with Crippen LogP contribution in [0.1, 0.15) is 23.7 Å². The molecule has 2 fully saturated rings. The maximum absolute atomic E-state index is 12.7. The lowest BCUT2D eigenvalue weighted by molar-refractivity contribution is 0.0643. The van der Waals surface area contributed by atoms with E-state index in [1.165, 1.54) is 12.1 Å². The van der Waals surface area contributed by atoms with Crippen LogP contribution >= 0.6 is 0 Å². The molecule has 2 aliphatic rings. The van der Waals surface area contributed by atoms with E-state index in [2.05, 4.69) is 16.5 Å². The van der Waals surface area contributed by atoms with E-state index in [1.54, 1.807) is 17.0 Å². The van der Waals surface area contributed by atoms with Crippen LogP contribution in [0, 0.1) is 5.92 Å². The predicted molar refractivity (Wildman–Crippen MR) is 98.6 cm³/mol. The number of carbonyl (C=O) groups is 1. The molecule has 0 unspecified atom stereocenters. The van der Waals surface area contributed by atoms with Crippen LogP contribution in [0.2, 0.25) is 0 Å². The van der Waals surface area contributed by atoms with Crippen LogP contribution in [0.5, 0.6) is 0 Å². The standard InChI is InChI=1S/C18H27N3O4S/c1-2-20-7-9-21(10-8-20)18(22)16-4-3-5-17(12-16)26(23,24)19-13-15-6-11-25-14-15/h3-5,12,15,19H,2,6-11,13-14H2,1H3/t15-/m0/s1. The van der Waals surface area contributed by atoms with Gasteiger partial charge in [-0.2, -0.15) is 0 Å². The highest BCUT2D eigenvalue weighted by Crippen LogP contribution is 2.16. The summed E-state index contributed by atoms with van der Waals surface area (Å²) < 4.78 is 33.0. The second kappa shape index (κ2) is 8.47. The Labute approximate surface area is 155 Å². The normalized spacial score (nSPS) is 21.9. The Hall–Kier alpha value is -1.48. The van der Waals surface area contributed by atoms with Crippen LogP contribution in [0.15, 0.2) is 29.2 Å². The average Bonchev–Trinajstić information content (AvgIpc) is 3.20. The number of amides is 1. The fourth-order valence-electron chi connectivity index (χ4n) is 3.30. The Balaban J connectivity index is 1.66. The molecule has 144 valence electrons. The van der Waals surface area contributed by atoms with Crippen molar-refractivity contribution < 1.29 is 17.9 Å². The number of nitrogens with zero attached hydrogens (tertiary/aromatic N) is 2. The van der Waals surface area contributed by atoms with Crippen LogP contribution < -0.4 is 4.72 Å². The van der Waals surface area contributed by atoms with Gasteiger partial charge >= 0.3 is 0 Å². The summed E-state index contributed by atoms with van der Waals surface area (Å²) in [5.74, 6) is 0.103. The first-order valence-corrected chi connectivity index (χ1v) is 10.7. The van der Waals surface area contributed by atoms with E-state index >= 15 is 0 Å². The van der Waals surface area contributed by atoms with Crippen molar-refractivity contribution in [2.45, 2.75) is 18.2 Å². The second-order valence-corrected chi connectivity index (χ2v) is 8.60. The van der Waals surface area contributed by atoms with Crippen LogP contribution in [-0.4, -0.2) is 76.6 Å². The molecule has 1 amide bonds. The van der Waals surface area contributed by atoms with E-state index in [9.17, 15) is 13.2 Å². The molecule has 0 saturated carbocycles. The van der Waals surface area contributed by atoms with Gasteiger partial charge in [0.1, 0.15) is 0 Å². The largest absolute Gasteiger partial charge is 0.381 e. The zero-order valence-electron chi connectivity index (χ0n) is 15.2. The summed E-state index contributed by atoms with van der Waals surface area (Å²) in [4.78, 5) is 16.9. The maximum Gasteiger partial charge on any atom is 0.253 e. The zero-order chi connectivity index (χ0) is 18.6. The van der Waals surface area contributed by atoms with E-state index in [1.807, 2.05) is 0 Å². The van der Waals surface area contributed by atoms with Gasteiger partial charge in [0.05, 0.1) is 11.5 Å². The zero-order valence-corrected chi connectivity index (χ0v) is 16.0. The predicted octanol–water partition coefficient (Wildman–Crippen LogP) is 0.779. The molecular weight excluding hydrogens is 354 g/mol. The van der Waals surface area contributed by atoms with Crippen molar-refractivity contribution in [2.75, 3.05) is 52.5 Å². The molecular formula is C18H27N3O4S. The van der Waals surface area contributed by atoms with Crippen molar-refractivity contribution in [3.8, 4) is 0 Å². The van der Waals surface area contributed by atoms with Crippen molar-refractivity contribution >= 4 is 15.9 Å². The second-order valence-electron chi connectivity index (χ2n) is 6.84. The maximum atomic E-state index is 12.7. The van der Waals surface area contributed by atoms with Gasteiger partial charge in [0.15, 0.2) is 0 Å². The number of hydrogen-bond donors (Lipinski definition) is 1. The summed E-state index contributed by atoms with van der Waals surface area (Å²) in [7, 11) is -3.63. The van der Waals surface area contributed by atoms with E-state index < -0.39 is 10.0 Å². The fraction of sp³-hybridized carbons (Fsp3) is 0.611. The summed E-state index contributed by atoms with van der Waals surface area (Å²) in [6, 6.07) is 6.31. The summed E-state index contributed by atoms with van der Waals surface area (Å²) >= 11 is 0. The van der Waals surface area contributed by atoms with Crippen molar-refractivity contribution in [3.05, 3.63) is 29.8 Å². The number of rotatable bonds is 6. The minimum absolute atomic E-state index is 0.109. The van der Waals surface area contributed by atoms with Crippen molar-refractivity contribution in [1.82, 2.24) is 14.5 Å². The van der Waals surface area contributed by atoms with Gasteiger partial charge in [-0.15, -0.1) is 0 Å². The molecule has 1 aromatic rings. The number of likely N-dealkylation sites (N-methyl/N-ethyl adjacent to an activating group) is 1.